The predicted molar refractivity (Wildman–Crippen MR) is 61.6 cm³/mol. The van der Waals surface area contributed by atoms with Crippen LogP contribution in [0.4, 0.5) is 0 Å². The van der Waals surface area contributed by atoms with Gasteiger partial charge < -0.3 is 5.11 Å². The molecule has 15 heavy (non-hydrogen) atoms. The Morgan fingerprint density at radius 3 is 3.13 bits per heavy atom. The second kappa shape index (κ2) is 4.35. The maximum atomic E-state index is 10.5. The zero-order valence-electron chi connectivity index (χ0n) is 8.95. The average molecular weight is 224 g/mol. The van der Waals surface area contributed by atoms with Crippen molar-refractivity contribution in [3.05, 3.63) is 21.4 Å². The van der Waals surface area contributed by atoms with Crippen LogP contribution in [0.2, 0.25) is 0 Å². The van der Waals surface area contributed by atoms with Crippen molar-refractivity contribution >= 4 is 17.3 Å². The molecule has 1 heterocycles. The van der Waals surface area contributed by atoms with E-state index in [1.807, 2.05) is 11.3 Å². The number of carboxylic acids is 1. The topological polar surface area (TPSA) is 37.3 Å². The van der Waals surface area contributed by atoms with Gasteiger partial charge in [-0.3, -0.25) is 4.79 Å². The minimum Gasteiger partial charge on any atom is -0.481 e. The van der Waals surface area contributed by atoms with Gasteiger partial charge in [0.1, 0.15) is 0 Å². The summed E-state index contributed by atoms with van der Waals surface area (Å²) in [6.45, 7) is 2.17. The monoisotopic (exact) mass is 224 g/mol. The molecule has 2 nitrogen and oxygen atoms in total. The molecule has 0 aliphatic heterocycles. The molecule has 0 amide bonds. The minimum atomic E-state index is -0.671. The first-order valence-electron chi connectivity index (χ1n) is 5.54. The average Bonchev–Trinajstić information content (AvgIpc) is 2.73. The van der Waals surface area contributed by atoms with E-state index in [0.717, 1.165) is 25.7 Å². The van der Waals surface area contributed by atoms with Gasteiger partial charge in [0.15, 0.2) is 0 Å². The van der Waals surface area contributed by atoms with Crippen LogP contribution in [0.1, 0.15) is 47.4 Å². The first-order chi connectivity index (χ1) is 7.20. The molecule has 0 radical (unpaired) electrons. The van der Waals surface area contributed by atoms with Crippen molar-refractivity contribution in [1.82, 2.24) is 0 Å². The molecule has 1 aromatic rings. The molecule has 0 fully saturated rings. The Hall–Kier alpha value is -0.830. The first-order valence-corrected chi connectivity index (χ1v) is 6.35. The lowest BCUT2D eigenvalue weighted by atomic mass is 10.0. The van der Waals surface area contributed by atoms with Crippen molar-refractivity contribution in [3.63, 3.8) is 0 Å². The van der Waals surface area contributed by atoms with E-state index in [2.05, 4.69) is 13.0 Å². The highest BCUT2D eigenvalue weighted by atomic mass is 32.1. The summed E-state index contributed by atoms with van der Waals surface area (Å²) < 4.78 is 0. The number of rotatable bonds is 4. The van der Waals surface area contributed by atoms with Crippen LogP contribution in [0, 0.1) is 0 Å². The van der Waals surface area contributed by atoms with E-state index in [1.54, 1.807) is 0 Å². The number of hydrogen-bond donors (Lipinski definition) is 1. The summed E-state index contributed by atoms with van der Waals surface area (Å²) >= 11 is 1.89. The molecule has 0 saturated carbocycles. The zero-order chi connectivity index (χ0) is 10.8. The van der Waals surface area contributed by atoms with Gasteiger partial charge >= 0.3 is 5.97 Å². The molecule has 1 aliphatic rings. The van der Waals surface area contributed by atoms with Crippen molar-refractivity contribution in [2.45, 2.75) is 44.9 Å². The SMILES string of the molecule is CCc1cc2c(s1)C(CCC(=O)O)CC2. The van der Waals surface area contributed by atoms with Gasteiger partial charge in [0, 0.05) is 16.2 Å². The van der Waals surface area contributed by atoms with Gasteiger partial charge in [0.05, 0.1) is 0 Å². The molecule has 0 spiro atoms. The number of carbonyl (C=O) groups is 1. The Bertz CT molecular complexity index is 368. The lowest BCUT2D eigenvalue weighted by Gasteiger charge is -2.06. The third kappa shape index (κ3) is 2.23. The van der Waals surface area contributed by atoms with Gasteiger partial charge in [-0.2, -0.15) is 0 Å². The zero-order valence-corrected chi connectivity index (χ0v) is 9.77. The summed E-state index contributed by atoms with van der Waals surface area (Å²) in [4.78, 5) is 13.4. The Morgan fingerprint density at radius 2 is 2.47 bits per heavy atom. The molecule has 0 aromatic carbocycles. The smallest absolute Gasteiger partial charge is 0.303 e. The van der Waals surface area contributed by atoms with Gasteiger partial charge in [-0.25, -0.2) is 0 Å². The van der Waals surface area contributed by atoms with Crippen molar-refractivity contribution in [3.8, 4) is 0 Å². The molecule has 0 bridgehead atoms. The van der Waals surface area contributed by atoms with E-state index in [1.165, 1.54) is 15.3 Å². The van der Waals surface area contributed by atoms with E-state index in [-0.39, 0.29) is 0 Å². The molecule has 2 rings (SSSR count). The van der Waals surface area contributed by atoms with E-state index in [9.17, 15) is 4.79 Å². The number of aliphatic carboxylic acids is 1. The number of aryl methyl sites for hydroxylation is 2. The van der Waals surface area contributed by atoms with Crippen molar-refractivity contribution < 1.29 is 9.90 Å². The maximum Gasteiger partial charge on any atom is 0.303 e. The highest BCUT2D eigenvalue weighted by Crippen LogP contribution is 2.41. The van der Waals surface area contributed by atoms with Crippen molar-refractivity contribution in [2.75, 3.05) is 0 Å². The summed E-state index contributed by atoms with van der Waals surface area (Å²) in [5, 5.41) is 8.68. The van der Waals surface area contributed by atoms with E-state index < -0.39 is 5.97 Å². The maximum absolute atomic E-state index is 10.5. The van der Waals surface area contributed by atoms with E-state index >= 15 is 0 Å². The molecule has 82 valence electrons. The van der Waals surface area contributed by atoms with Crippen LogP contribution in [0.15, 0.2) is 6.07 Å². The molecule has 1 unspecified atom stereocenters. The summed E-state index contributed by atoms with van der Waals surface area (Å²) in [5.41, 5.74) is 1.48. The molecular formula is C12H16O2S. The third-order valence-corrected chi connectivity index (χ3v) is 4.56. The Balaban J connectivity index is 2.06. The Kier molecular flexibility index (Phi) is 3.10. The second-order valence-electron chi connectivity index (χ2n) is 4.12. The highest BCUT2D eigenvalue weighted by Gasteiger charge is 2.25. The fourth-order valence-corrected chi connectivity index (χ4v) is 3.57. The summed E-state index contributed by atoms with van der Waals surface area (Å²) in [6, 6.07) is 2.31. The fraction of sp³-hybridized carbons (Fsp3) is 0.583. The largest absolute Gasteiger partial charge is 0.481 e. The first kappa shape index (κ1) is 10.7. The van der Waals surface area contributed by atoms with Gasteiger partial charge in [-0.15, -0.1) is 11.3 Å². The fourth-order valence-electron chi connectivity index (χ4n) is 2.25. The molecule has 0 saturated heterocycles. The lowest BCUT2D eigenvalue weighted by molar-refractivity contribution is -0.137. The Labute approximate surface area is 93.9 Å². The minimum absolute atomic E-state index is 0.309. The second-order valence-corrected chi connectivity index (χ2v) is 5.29. The van der Waals surface area contributed by atoms with Crippen LogP contribution in [0.25, 0.3) is 0 Å². The molecule has 1 atom stereocenters. The van der Waals surface area contributed by atoms with Gasteiger partial charge in [0.25, 0.3) is 0 Å². The normalized spacial score (nSPS) is 19.1. The summed E-state index contributed by atoms with van der Waals surface area (Å²) in [5.74, 6) is -0.155. The van der Waals surface area contributed by atoms with Crippen LogP contribution >= 0.6 is 11.3 Å². The summed E-state index contributed by atoms with van der Waals surface area (Å²) in [7, 11) is 0. The predicted octanol–water partition coefficient (Wildman–Crippen LogP) is 3.21. The van der Waals surface area contributed by atoms with Gasteiger partial charge in [-0.1, -0.05) is 6.92 Å². The van der Waals surface area contributed by atoms with Crippen LogP contribution in [0.5, 0.6) is 0 Å². The molecule has 3 heteroatoms. The molecule has 1 aromatic heterocycles. The lowest BCUT2D eigenvalue weighted by Crippen LogP contribution is -1.99. The number of hydrogen-bond acceptors (Lipinski definition) is 2. The molecular weight excluding hydrogens is 208 g/mol. The van der Waals surface area contributed by atoms with Gasteiger partial charge in [-0.05, 0) is 43.2 Å². The highest BCUT2D eigenvalue weighted by molar-refractivity contribution is 7.12. The van der Waals surface area contributed by atoms with Crippen molar-refractivity contribution in [2.24, 2.45) is 0 Å². The van der Waals surface area contributed by atoms with Gasteiger partial charge in [0.2, 0.25) is 0 Å². The van der Waals surface area contributed by atoms with Crippen LogP contribution in [-0.4, -0.2) is 11.1 Å². The number of thiophene rings is 1. The number of fused-ring (bicyclic) bond motifs is 1. The molecule has 1 N–H and O–H groups in total. The van der Waals surface area contributed by atoms with Crippen LogP contribution in [-0.2, 0) is 17.6 Å². The standard InChI is InChI=1S/C12H16O2S/c1-2-10-7-9-4-3-8(12(9)15-10)5-6-11(13)14/h7-8H,2-6H2,1H3,(H,13,14). The van der Waals surface area contributed by atoms with Crippen LogP contribution < -0.4 is 0 Å². The number of carboxylic acid groups (broad SMARTS) is 1. The van der Waals surface area contributed by atoms with E-state index in [4.69, 9.17) is 5.11 Å². The summed E-state index contributed by atoms with van der Waals surface area (Å²) in [6.07, 6.45) is 4.52. The quantitative estimate of drug-likeness (QED) is 0.852. The van der Waals surface area contributed by atoms with Crippen LogP contribution in [0.3, 0.4) is 0 Å². The van der Waals surface area contributed by atoms with Crippen molar-refractivity contribution in [1.29, 1.82) is 0 Å². The Morgan fingerprint density at radius 1 is 1.67 bits per heavy atom. The van der Waals surface area contributed by atoms with E-state index in [0.29, 0.717) is 12.3 Å². The third-order valence-electron chi connectivity index (χ3n) is 3.08. The molecule has 1 aliphatic carbocycles.